The number of rotatable bonds is 5. The van der Waals surface area contributed by atoms with E-state index in [1.807, 2.05) is 0 Å². The van der Waals surface area contributed by atoms with Gasteiger partial charge in [-0.05, 0) is 108 Å². The van der Waals surface area contributed by atoms with E-state index in [4.69, 9.17) is 0 Å². The third kappa shape index (κ3) is 3.79. The highest BCUT2D eigenvalue weighted by atomic mass is 15.1. The largest absolute Gasteiger partial charge is 0.213 e. The van der Waals surface area contributed by atoms with E-state index in [9.17, 15) is 0 Å². The summed E-state index contributed by atoms with van der Waals surface area (Å²) in [4.78, 5) is 0. The van der Waals surface area contributed by atoms with E-state index in [2.05, 4.69) is 132 Å². The van der Waals surface area contributed by atoms with E-state index in [0.717, 1.165) is 25.7 Å². The quantitative estimate of drug-likeness (QED) is 0.211. The first-order valence-corrected chi connectivity index (χ1v) is 17.1. The average molecular weight is 569 g/mol. The molecule has 3 aromatic carbocycles. The van der Waals surface area contributed by atoms with Crippen LogP contribution in [0.1, 0.15) is 131 Å². The number of aromatic nitrogens is 1. The molecule has 1 aliphatic heterocycles. The molecule has 1 nitrogen and oxygen atoms in total. The second-order valence-electron chi connectivity index (χ2n) is 14.9. The highest BCUT2D eigenvalue weighted by molar-refractivity contribution is 5.73. The van der Waals surface area contributed by atoms with Crippen LogP contribution in [0.2, 0.25) is 0 Å². The first-order chi connectivity index (χ1) is 20.6. The minimum absolute atomic E-state index is 0.00823. The molecule has 0 saturated heterocycles. The van der Waals surface area contributed by atoms with Gasteiger partial charge in [-0.15, -0.1) is 0 Å². The molecule has 43 heavy (non-hydrogen) atoms. The lowest BCUT2D eigenvalue weighted by molar-refractivity contribution is -0.765. The Morgan fingerprint density at radius 3 is 2.21 bits per heavy atom. The lowest BCUT2D eigenvalue weighted by atomic mass is 9.52. The minimum Gasteiger partial charge on any atom is -0.192 e. The number of unbranched alkanes of at least 4 members (excludes halogenated alkanes) is 1. The molecule has 0 radical (unpaired) electrons. The van der Waals surface area contributed by atoms with Crippen molar-refractivity contribution in [3.05, 3.63) is 124 Å². The van der Waals surface area contributed by atoms with Gasteiger partial charge in [-0.3, -0.25) is 0 Å². The molecule has 0 bridgehead atoms. The molecule has 1 spiro atoms. The molecule has 7 rings (SSSR count). The molecule has 0 N–H and O–H groups in total. The van der Waals surface area contributed by atoms with Crippen molar-refractivity contribution in [3.8, 4) is 11.3 Å². The smallest absolute Gasteiger partial charge is 0.192 e. The van der Waals surface area contributed by atoms with Gasteiger partial charge in [-0.2, -0.15) is 4.57 Å². The van der Waals surface area contributed by atoms with Crippen molar-refractivity contribution in [1.29, 1.82) is 0 Å². The summed E-state index contributed by atoms with van der Waals surface area (Å²) in [6, 6.07) is 29.1. The van der Waals surface area contributed by atoms with E-state index < -0.39 is 0 Å². The molecule has 1 heteroatoms. The predicted octanol–water partition coefficient (Wildman–Crippen LogP) is 10.1. The van der Waals surface area contributed by atoms with Gasteiger partial charge in [-0.1, -0.05) is 89.6 Å². The average Bonchev–Trinajstić information content (AvgIpc) is 3.03. The molecule has 1 aromatic heterocycles. The second-order valence-corrected chi connectivity index (χ2v) is 14.9. The van der Waals surface area contributed by atoms with Crippen LogP contribution < -0.4 is 4.57 Å². The predicted molar refractivity (Wildman–Crippen MR) is 180 cm³/mol. The topological polar surface area (TPSA) is 3.88 Å². The molecular weight excluding hydrogens is 518 g/mol. The Hall–Kier alpha value is -3.19. The van der Waals surface area contributed by atoms with Gasteiger partial charge < -0.3 is 0 Å². The van der Waals surface area contributed by atoms with E-state index >= 15 is 0 Å². The first-order valence-electron chi connectivity index (χ1n) is 17.1. The SMILES string of the molecule is CCCCc1ccc2c(c1)C1(CCC(C)(C)c3cc4c(cc31)-c1cccc[n+]1C(C)(CC)C4(C)CC)c1ccccc1C2. The normalized spacial score (nSPS) is 26.2. The summed E-state index contributed by atoms with van der Waals surface area (Å²) in [7, 11) is 0. The molecule has 4 aromatic rings. The van der Waals surface area contributed by atoms with Crippen molar-refractivity contribution in [2.45, 2.75) is 122 Å². The third-order valence-corrected chi connectivity index (χ3v) is 12.6. The second kappa shape index (κ2) is 9.91. The number of benzene rings is 3. The Morgan fingerprint density at radius 1 is 0.674 bits per heavy atom. The van der Waals surface area contributed by atoms with Gasteiger partial charge in [0.25, 0.3) is 0 Å². The molecule has 3 unspecified atom stereocenters. The molecule has 3 aliphatic rings. The lowest BCUT2D eigenvalue weighted by Gasteiger charge is -2.52. The summed E-state index contributed by atoms with van der Waals surface area (Å²) in [5, 5.41) is 0. The van der Waals surface area contributed by atoms with Gasteiger partial charge in [0.1, 0.15) is 0 Å². The summed E-state index contributed by atoms with van der Waals surface area (Å²) >= 11 is 0. The Labute approximate surface area is 260 Å². The van der Waals surface area contributed by atoms with Crippen LogP contribution in [0.15, 0.2) is 79.0 Å². The maximum absolute atomic E-state index is 2.71. The van der Waals surface area contributed by atoms with Crippen molar-refractivity contribution < 1.29 is 4.57 Å². The number of pyridine rings is 1. The van der Waals surface area contributed by atoms with E-state index in [0.29, 0.717) is 0 Å². The van der Waals surface area contributed by atoms with Crippen molar-refractivity contribution in [2.75, 3.05) is 0 Å². The summed E-state index contributed by atoms with van der Waals surface area (Å²) < 4.78 is 2.62. The Kier molecular flexibility index (Phi) is 6.59. The van der Waals surface area contributed by atoms with Gasteiger partial charge in [0, 0.05) is 30.9 Å². The number of hydrogen-bond donors (Lipinski definition) is 0. The lowest BCUT2D eigenvalue weighted by Crippen LogP contribution is -2.67. The summed E-state index contributed by atoms with van der Waals surface area (Å²) in [6.07, 6.45) is 11.6. The minimum atomic E-state index is -0.125. The molecule has 0 saturated carbocycles. The van der Waals surface area contributed by atoms with Crippen LogP contribution in [0.25, 0.3) is 11.3 Å². The fraction of sp³-hybridized carbons (Fsp3) is 0.452. The fourth-order valence-electron chi connectivity index (χ4n) is 9.44. The van der Waals surface area contributed by atoms with Gasteiger partial charge in [-0.25, -0.2) is 0 Å². The maximum Gasteiger partial charge on any atom is 0.213 e. The Balaban J connectivity index is 1.59. The monoisotopic (exact) mass is 568 g/mol. The van der Waals surface area contributed by atoms with Crippen LogP contribution >= 0.6 is 0 Å². The van der Waals surface area contributed by atoms with Crippen molar-refractivity contribution >= 4 is 0 Å². The van der Waals surface area contributed by atoms with Crippen LogP contribution in [0.3, 0.4) is 0 Å². The molecular formula is C42H50N+. The van der Waals surface area contributed by atoms with Gasteiger partial charge >= 0.3 is 0 Å². The summed E-state index contributed by atoms with van der Waals surface area (Å²) in [5.74, 6) is 0. The highest BCUT2D eigenvalue weighted by Crippen LogP contribution is 2.59. The molecule has 0 fully saturated rings. The van der Waals surface area contributed by atoms with Crippen LogP contribution in [0, 0.1) is 0 Å². The Bertz CT molecular complexity index is 1730. The van der Waals surface area contributed by atoms with Crippen LogP contribution in [0.4, 0.5) is 0 Å². The number of fused-ring (bicyclic) bond motifs is 9. The van der Waals surface area contributed by atoms with Gasteiger partial charge in [0.15, 0.2) is 11.7 Å². The Morgan fingerprint density at radius 2 is 1.44 bits per heavy atom. The molecule has 0 amide bonds. The van der Waals surface area contributed by atoms with Crippen LogP contribution in [0.5, 0.6) is 0 Å². The van der Waals surface area contributed by atoms with Crippen LogP contribution in [-0.2, 0) is 34.6 Å². The number of nitrogens with zero attached hydrogens (tertiary/aromatic N) is 1. The van der Waals surface area contributed by atoms with E-state index in [1.165, 1.54) is 53.6 Å². The third-order valence-electron chi connectivity index (χ3n) is 12.6. The standard InChI is InChI=1S/C42H50N/c1-8-11-16-29-20-21-31-26-30-17-12-13-18-33(30)42(34(31)25-29)23-22-39(4,5)36-28-35-32(27-37(36)42)38-19-14-15-24-43(38)41(7,10-3)40(35,6)9-2/h12-15,17-21,24-25,27-28H,8-11,16,22-23,26H2,1-7H3/q+1. The van der Waals surface area contributed by atoms with Crippen molar-refractivity contribution in [2.24, 2.45) is 0 Å². The van der Waals surface area contributed by atoms with E-state index in [-0.39, 0.29) is 21.8 Å². The molecule has 3 atom stereocenters. The number of aryl methyl sites for hydroxylation is 1. The van der Waals surface area contributed by atoms with Gasteiger partial charge in [0.05, 0.1) is 11.0 Å². The molecule has 2 aliphatic carbocycles. The molecule has 222 valence electrons. The zero-order valence-electron chi connectivity index (χ0n) is 27.6. The molecule has 2 heterocycles. The first kappa shape index (κ1) is 28.6. The fourth-order valence-corrected chi connectivity index (χ4v) is 9.44. The maximum atomic E-state index is 2.71. The summed E-state index contributed by atoms with van der Waals surface area (Å²) in [5.41, 5.74) is 15.2. The van der Waals surface area contributed by atoms with Crippen LogP contribution in [-0.4, -0.2) is 0 Å². The summed E-state index contributed by atoms with van der Waals surface area (Å²) in [6.45, 7) is 17.2. The van der Waals surface area contributed by atoms with Crippen molar-refractivity contribution in [1.82, 2.24) is 0 Å². The number of hydrogen-bond acceptors (Lipinski definition) is 0. The highest BCUT2D eigenvalue weighted by Gasteiger charge is 2.58. The van der Waals surface area contributed by atoms with Crippen molar-refractivity contribution in [3.63, 3.8) is 0 Å². The zero-order valence-corrected chi connectivity index (χ0v) is 27.6. The van der Waals surface area contributed by atoms with Gasteiger partial charge in [0.2, 0.25) is 5.69 Å². The zero-order chi connectivity index (χ0) is 30.2. The van der Waals surface area contributed by atoms with E-state index in [1.54, 1.807) is 27.8 Å².